The van der Waals surface area contributed by atoms with E-state index in [1.807, 2.05) is 48.5 Å². The summed E-state index contributed by atoms with van der Waals surface area (Å²) in [6.07, 6.45) is 0. The molecule has 0 unspecified atom stereocenters. The Morgan fingerprint density at radius 3 is 1.44 bits per heavy atom. The maximum atomic E-state index is 6.61. The molecule has 0 saturated heterocycles. The van der Waals surface area contributed by atoms with E-state index in [2.05, 4.69) is 188 Å². The lowest BCUT2D eigenvalue weighted by atomic mass is 9.68. The second-order valence-corrected chi connectivity index (χ2v) is 17.8. The minimum Gasteiger partial charge on any atom is -0.456 e. The summed E-state index contributed by atoms with van der Waals surface area (Å²) < 4.78 is 6.61. The van der Waals surface area contributed by atoms with Crippen molar-refractivity contribution in [3.63, 3.8) is 0 Å². The van der Waals surface area contributed by atoms with Crippen molar-refractivity contribution in [1.29, 1.82) is 0 Å². The molecule has 2 aliphatic rings. The molecule has 316 valence electrons. The summed E-state index contributed by atoms with van der Waals surface area (Å²) in [6, 6.07) is 84.6. The van der Waals surface area contributed by atoms with Crippen LogP contribution in [0.1, 0.15) is 22.3 Å². The molecule has 0 atom stereocenters. The monoisotopic (exact) mass is 865 g/mol. The molecule has 0 amide bonds. The predicted molar refractivity (Wildman–Crippen MR) is 276 cm³/mol. The average Bonchev–Trinajstić information content (AvgIpc) is 4.05. The smallest absolute Gasteiger partial charge is 0.164 e. The summed E-state index contributed by atoms with van der Waals surface area (Å²) in [5, 5.41) is 1.97. The van der Waals surface area contributed by atoms with Crippen molar-refractivity contribution in [2.75, 3.05) is 0 Å². The number of nitrogens with zero attached hydrogens (tertiary/aromatic N) is 3. The topological polar surface area (TPSA) is 51.8 Å². The van der Waals surface area contributed by atoms with Crippen LogP contribution in [0.4, 0.5) is 0 Å². The van der Waals surface area contributed by atoms with Crippen LogP contribution in [-0.2, 0) is 5.41 Å². The van der Waals surface area contributed by atoms with Crippen LogP contribution in [0.3, 0.4) is 0 Å². The van der Waals surface area contributed by atoms with Gasteiger partial charge in [0.1, 0.15) is 11.2 Å². The SMILES string of the molecule is c1ccc(-c2cccc(-c3nc(-c4ccccc4)nc(-c4cccc5oc6ccc(-c7cccc(-c8cccc9c8C8(c%10ccccc%10-c%10ccccc%108)c8ccccc8-9)c7)cc6c45)n3)c2)cc1. The van der Waals surface area contributed by atoms with E-state index in [1.54, 1.807) is 0 Å². The summed E-state index contributed by atoms with van der Waals surface area (Å²) in [5.41, 5.74) is 21.3. The van der Waals surface area contributed by atoms with Gasteiger partial charge in [0, 0.05) is 27.5 Å². The van der Waals surface area contributed by atoms with Crippen LogP contribution in [0.2, 0.25) is 0 Å². The van der Waals surface area contributed by atoms with Crippen molar-refractivity contribution in [2.45, 2.75) is 5.41 Å². The van der Waals surface area contributed by atoms with Gasteiger partial charge in [0.2, 0.25) is 0 Å². The van der Waals surface area contributed by atoms with Gasteiger partial charge >= 0.3 is 0 Å². The van der Waals surface area contributed by atoms with Crippen LogP contribution in [0, 0.1) is 0 Å². The second-order valence-electron chi connectivity index (χ2n) is 17.8. The molecule has 10 aromatic carbocycles. The predicted octanol–water partition coefficient (Wildman–Crippen LogP) is 16.1. The standard InChI is InChI=1S/C64H39N3O/c1-3-17-40(18-4-1)42-21-14-24-46(38-42)62-65-61(41-19-5-2-6-20-41)66-63(67-62)52-30-16-34-58-59(52)53-39-44(35-36-57(53)68-58)43-22-13-23-45(37-43)47-28-15-29-51-50-27-9-12-33-56(50)64(60(47)51)54-31-10-7-25-48(54)49-26-8-11-32-55(49)64/h1-39H. The molecule has 0 N–H and O–H groups in total. The highest BCUT2D eigenvalue weighted by molar-refractivity contribution is 6.13. The average molecular weight is 866 g/mol. The maximum absolute atomic E-state index is 6.61. The van der Waals surface area contributed by atoms with Crippen molar-refractivity contribution in [1.82, 2.24) is 15.0 Å². The highest BCUT2D eigenvalue weighted by atomic mass is 16.3. The molecule has 68 heavy (non-hydrogen) atoms. The van der Waals surface area contributed by atoms with Crippen LogP contribution in [-0.4, -0.2) is 15.0 Å². The molecular formula is C64H39N3O. The van der Waals surface area contributed by atoms with Gasteiger partial charge in [-0.2, -0.15) is 0 Å². The van der Waals surface area contributed by atoms with Crippen molar-refractivity contribution >= 4 is 21.9 Å². The van der Waals surface area contributed by atoms with E-state index in [-0.39, 0.29) is 0 Å². The Balaban J connectivity index is 0.923. The first-order chi connectivity index (χ1) is 33.7. The summed E-state index contributed by atoms with van der Waals surface area (Å²) in [7, 11) is 0. The lowest BCUT2D eigenvalue weighted by Crippen LogP contribution is -2.26. The molecular weight excluding hydrogens is 827 g/mol. The third-order valence-electron chi connectivity index (χ3n) is 14.2. The first-order valence-electron chi connectivity index (χ1n) is 23.2. The van der Waals surface area contributed by atoms with Crippen molar-refractivity contribution in [2.24, 2.45) is 0 Å². The molecule has 12 aromatic rings. The van der Waals surface area contributed by atoms with Gasteiger partial charge in [-0.05, 0) is 108 Å². The van der Waals surface area contributed by atoms with Crippen LogP contribution >= 0.6 is 0 Å². The van der Waals surface area contributed by atoms with E-state index < -0.39 is 5.41 Å². The van der Waals surface area contributed by atoms with Gasteiger partial charge < -0.3 is 4.42 Å². The van der Waals surface area contributed by atoms with Crippen LogP contribution < -0.4 is 0 Å². The molecule has 2 aromatic heterocycles. The second kappa shape index (κ2) is 15.0. The Bertz CT molecular complexity index is 3920. The highest BCUT2D eigenvalue weighted by Gasteiger charge is 2.52. The molecule has 14 rings (SSSR count). The van der Waals surface area contributed by atoms with Gasteiger partial charge in [0.25, 0.3) is 0 Å². The lowest BCUT2D eigenvalue weighted by molar-refractivity contribution is 0.669. The molecule has 0 saturated carbocycles. The lowest BCUT2D eigenvalue weighted by Gasteiger charge is -2.32. The van der Waals surface area contributed by atoms with Crippen molar-refractivity contribution in [3.8, 4) is 89.8 Å². The quantitative estimate of drug-likeness (QED) is 0.167. The molecule has 0 radical (unpaired) electrons. The summed E-state index contributed by atoms with van der Waals surface area (Å²) in [6.45, 7) is 0. The number of hydrogen-bond donors (Lipinski definition) is 0. The Labute approximate surface area is 393 Å². The fourth-order valence-corrected chi connectivity index (χ4v) is 11.3. The fraction of sp³-hybridized carbons (Fsp3) is 0.0156. The molecule has 2 heterocycles. The van der Waals surface area contributed by atoms with E-state index in [1.165, 1.54) is 55.6 Å². The maximum Gasteiger partial charge on any atom is 0.164 e. The Morgan fingerprint density at radius 1 is 0.279 bits per heavy atom. The molecule has 0 fully saturated rings. The van der Waals surface area contributed by atoms with Crippen LogP contribution in [0.15, 0.2) is 241 Å². The molecule has 2 aliphatic carbocycles. The molecule has 4 heteroatoms. The van der Waals surface area contributed by atoms with Crippen molar-refractivity contribution in [3.05, 3.63) is 259 Å². The van der Waals surface area contributed by atoms with Crippen LogP contribution in [0.25, 0.3) is 112 Å². The zero-order chi connectivity index (χ0) is 44.8. The zero-order valence-electron chi connectivity index (χ0n) is 36.8. The Kier molecular flexibility index (Phi) is 8.46. The first kappa shape index (κ1) is 38.3. The number of rotatable bonds is 6. The van der Waals surface area contributed by atoms with Gasteiger partial charge in [0.15, 0.2) is 17.5 Å². The van der Waals surface area contributed by atoms with E-state index in [0.717, 1.165) is 60.9 Å². The normalized spacial score (nSPS) is 12.8. The number of benzene rings is 10. The third-order valence-corrected chi connectivity index (χ3v) is 14.2. The minimum absolute atomic E-state index is 0.448. The summed E-state index contributed by atoms with van der Waals surface area (Å²) in [5.74, 6) is 1.80. The molecule has 0 bridgehead atoms. The van der Waals surface area contributed by atoms with Gasteiger partial charge in [-0.1, -0.05) is 206 Å². The first-order valence-corrected chi connectivity index (χ1v) is 23.2. The number of fused-ring (bicyclic) bond motifs is 13. The van der Waals surface area contributed by atoms with E-state index in [0.29, 0.717) is 17.5 Å². The van der Waals surface area contributed by atoms with E-state index >= 15 is 0 Å². The van der Waals surface area contributed by atoms with E-state index in [9.17, 15) is 0 Å². The number of aromatic nitrogens is 3. The largest absolute Gasteiger partial charge is 0.456 e. The highest BCUT2D eigenvalue weighted by Crippen LogP contribution is 2.64. The van der Waals surface area contributed by atoms with Gasteiger partial charge in [0.05, 0.1) is 5.41 Å². The van der Waals surface area contributed by atoms with Crippen molar-refractivity contribution < 1.29 is 4.42 Å². The fourth-order valence-electron chi connectivity index (χ4n) is 11.3. The molecule has 1 spiro atoms. The zero-order valence-corrected chi connectivity index (χ0v) is 36.8. The van der Waals surface area contributed by atoms with Gasteiger partial charge in [-0.25, -0.2) is 15.0 Å². The molecule has 0 aliphatic heterocycles. The van der Waals surface area contributed by atoms with Crippen LogP contribution in [0.5, 0.6) is 0 Å². The number of furan rings is 1. The minimum atomic E-state index is -0.448. The van der Waals surface area contributed by atoms with Gasteiger partial charge in [-0.15, -0.1) is 0 Å². The molecule has 4 nitrogen and oxygen atoms in total. The Morgan fingerprint density at radius 2 is 0.735 bits per heavy atom. The summed E-state index contributed by atoms with van der Waals surface area (Å²) >= 11 is 0. The van der Waals surface area contributed by atoms with E-state index in [4.69, 9.17) is 19.4 Å². The summed E-state index contributed by atoms with van der Waals surface area (Å²) in [4.78, 5) is 15.5. The Hall–Kier alpha value is -8.99. The third kappa shape index (κ3) is 5.71. The van der Waals surface area contributed by atoms with Gasteiger partial charge in [-0.3, -0.25) is 0 Å². The number of hydrogen-bond acceptors (Lipinski definition) is 4.